The molecule has 1 aliphatic heterocycles. The number of carbonyl (C=O) groups is 1. The zero-order chi connectivity index (χ0) is 14.6. The lowest BCUT2D eigenvalue weighted by Crippen LogP contribution is -2.43. The Morgan fingerprint density at radius 1 is 1.29 bits per heavy atom. The number of nitrogens with zero attached hydrogens (tertiary/aromatic N) is 1. The fraction of sp³-hybridized carbons (Fsp3) is 0.353. The minimum absolute atomic E-state index is 0.0653. The van der Waals surface area contributed by atoms with E-state index in [-0.39, 0.29) is 11.5 Å². The highest BCUT2D eigenvalue weighted by Crippen LogP contribution is 2.63. The summed E-state index contributed by atoms with van der Waals surface area (Å²) in [5.41, 5.74) is 1.17. The van der Waals surface area contributed by atoms with Crippen LogP contribution in [0.5, 0.6) is 0 Å². The molecule has 3 nitrogen and oxygen atoms in total. The molecule has 1 saturated carbocycles. The molecule has 1 aliphatic carbocycles. The Labute approximate surface area is 128 Å². The van der Waals surface area contributed by atoms with E-state index in [9.17, 15) is 9.90 Å². The molecule has 4 rings (SSSR count). The number of amides is 1. The molecule has 1 heterocycles. The van der Waals surface area contributed by atoms with Gasteiger partial charge in [-0.05, 0) is 28.7 Å². The monoisotopic (exact) mass is 301 g/mol. The molecule has 2 aromatic carbocycles. The van der Waals surface area contributed by atoms with Gasteiger partial charge in [0, 0.05) is 17.8 Å². The van der Waals surface area contributed by atoms with E-state index in [1.54, 1.807) is 0 Å². The molecule has 1 unspecified atom stereocenters. The van der Waals surface area contributed by atoms with Gasteiger partial charge >= 0.3 is 6.09 Å². The van der Waals surface area contributed by atoms with Gasteiger partial charge in [-0.2, -0.15) is 0 Å². The van der Waals surface area contributed by atoms with Gasteiger partial charge in [0.2, 0.25) is 0 Å². The third-order valence-corrected chi connectivity index (χ3v) is 5.51. The first kappa shape index (κ1) is 13.0. The normalized spacial score (nSPS) is 30.4. The first-order valence-corrected chi connectivity index (χ1v) is 7.75. The van der Waals surface area contributed by atoms with Crippen LogP contribution >= 0.6 is 11.6 Å². The summed E-state index contributed by atoms with van der Waals surface area (Å²) in [6.07, 6.45) is 0.194. The molecule has 2 aliphatic rings. The van der Waals surface area contributed by atoms with Crippen molar-refractivity contribution in [3.63, 3.8) is 0 Å². The van der Waals surface area contributed by atoms with E-state index in [0.717, 1.165) is 6.42 Å². The van der Waals surface area contributed by atoms with Crippen molar-refractivity contribution in [1.82, 2.24) is 4.90 Å². The number of benzene rings is 2. The summed E-state index contributed by atoms with van der Waals surface area (Å²) in [6.45, 7) is 0.611. The van der Waals surface area contributed by atoms with Crippen molar-refractivity contribution in [2.24, 2.45) is 5.92 Å². The van der Waals surface area contributed by atoms with Crippen molar-refractivity contribution < 1.29 is 9.90 Å². The Morgan fingerprint density at radius 3 is 2.76 bits per heavy atom. The van der Waals surface area contributed by atoms with Crippen LogP contribution in [0.1, 0.15) is 12.0 Å². The van der Waals surface area contributed by atoms with Crippen molar-refractivity contribution in [2.45, 2.75) is 17.9 Å². The van der Waals surface area contributed by atoms with Gasteiger partial charge in [-0.15, -0.1) is 11.6 Å². The van der Waals surface area contributed by atoms with Gasteiger partial charge in [0.25, 0.3) is 0 Å². The third-order valence-electron chi connectivity index (χ3n) is 5.22. The molecular weight excluding hydrogens is 286 g/mol. The van der Waals surface area contributed by atoms with E-state index in [1.165, 1.54) is 21.2 Å². The summed E-state index contributed by atoms with van der Waals surface area (Å²) in [5, 5.41) is 11.8. The van der Waals surface area contributed by atoms with Gasteiger partial charge < -0.3 is 10.0 Å². The van der Waals surface area contributed by atoms with Crippen LogP contribution in [0.2, 0.25) is 0 Å². The van der Waals surface area contributed by atoms with Gasteiger partial charge in [0.15, 0.2) is 0 Å². The van der Waals surface area contributed by atoms with Crippen molar-refractivity contribution in [2.75, 3.05) is 12.4 Å². The van der Waals surface area contributed by atoms with Crippen LogP contribution in [0.3, 0.4) is 0 Å². The average molecular weight is 302 g/mol. The fourth-order valence-electron chi connectivity index (χ4n) is 4.08. The van der Waals surface area contributed by atoms with E-state index in [0.29, 0.717) is 18.3 Å². The van der Waals surface area contributed by atoms with Gasteiger partial charge in [-0.3, -0.25) is 0 Å². The average Bonchev–Trinajstić information content (AvgIpc) is 3.13. The Kier molecular flexibility index (Phi) is 2.70. The fourth-order valence-corrected chi connectivity index (χ4v) is 4.53. The lowest BCUT2D eigenvalue weighted by atomic mass is 9.87. The quantitative estimate of drug-likeness (QED) is 0.859. The number of rotatable bonds is 2. The molecule has 0 spiro atoms. The Morgan fingerprint density at radius 2 is 2.05 bits per heavy atom. The van der Waals surface area contributed by atoms with Crippen molar-refractivity contribution >= 4 is 28.5 Å². The second kappa shape index (κ2) is 4.38. The number of piperidine rings is 1. The zero-order valence-electron chi connectivity index (χ0n) is 11.5. The summed E-state index contributed by atoms with van der Waals surface area (Å²) in [6, 6.07) is 14.6. The predicted octanol–water partition coefficient (Wildman–Crippen LogP) is 3.70. The highest BCUT2D eigenvalue weighted by molar-refractivity contribution is 6.18. The largest absolute Gasteiger partial charge is 0.465 e. The predicted molar refractivity (Wildman–Crippen MR) is 83.0 cm³/mol. The number of carboxylic acid groups (broad SMARTS) is 1. The molecule has 2 aromatic rings. The summed E-state index contributed by atoms with van der Waals surface area (Å²) >= 11 is 6.12. The molecular formula is C17H16ClNO2. The molecule has 0 bridgehead atoms. The van der Waals surface area contributed by atoms with E-state index >= 15 is 0 Å². The zero-order valence-corrected chi connectivity index (χ0v) is 12.3. The molecule has 0 radical (unpaired) electrons. The summed E-state index contributed by atoms with van der Waals surface area (Å²) in [5.74, 6) is 0.772. The third kappa shape index (κ3) is 1.70. The first-order chi connectivity index (χ1) is 10.2. The van der Waals surface area contributed by atoms with Crippen LogP contribution < -0.4 is 0 Å². The Balaban J connectivity index is 1.79. The second-order valence-corrected chi connectivity index (χ2v) is 6.42. The van der Waals surface area contributed by atoms with Gasteiger partial charge in [-0.1, -0.05) is 42.5 Å². The molecule has 1 saturated heterocycles. The maximum absolute atomic E-state index is 11.4. The van der Waals surface area contributed by atoms with Gasteiger partial charge in [0.05, 0.1) is 6.04 Å². The van der Waals surface area contributed by atoms with Crippen LogP contribution in [0.4, 0.5) is 4.79 Å². The van der Waals surface area contributed by atoms with Gasteiger partial charge in [0.1, 0.15) is 0 Å². The van der Waals surface area contributed by atoms with Crippen LogP contribution in [0.15, 0.2) is 42.5 Å². The van der Waals surface area contributed by atoms with Crippen molar-refractivity contribution in [3.05, 3.63) is 48.0 Å². The number of hydrogen-bond acceptors (Lipinski definition) is 1. The number of likely N-dealkylation sites (tertiary alicyclic amines) is 1. The van der Waals surface area contributed by atoms with E-state index in [2.05, 4.69) is 30.3 Å². The smallest absolute Gasteiger partial charge is 0.407 e. The maximum atomic E-state index is 11.4. The molecule has 0 aromatic heterocycles. The highest BCUT2D eigenvalue weighted by Gasteiger charge is 2.67. The highest BCUT2D eigenvalue weighted by atomic mass is 35.5. The lowest BCUT2D eigenvalue weighted by molar-refractivity contribution is 0.134. The van der Waals surface area contributed by atoms with E-state index in [4.69, 9.17) is 11.6 Å². The Hall–Kier alpha value is -1.74. The van der Waals surface area contributed by atoms with Crippen molar-refractivity contribution in [1.29, 1.82) is 0 Å². The van der Waals surface area contributed by atoms with E-state index < -0.39 is 6.09 Å². The molecule has 1 N–H and O–H groups in total. The maximum Gasteiger partial charge on any atom is 0.407 e. The SMILES string of the molecule is O=C(O)N1C[C@H]2C[C@@]2(c2ccc3ccccc3c2)C1CCl. The number of alkyl halides is 1. The number of halogens is 1. The Bertz CT molecular complexity index is 732. The summed E-state index contributed by atoms with van der Waals surface area (Å²) < 4.78 is 0. The standard InChI is InChI=1S/C17H16ClNO2/c18-9-15-17(8-14(17)10-19(15)16(20)21)13-6-5-11-3-1-2-4-12(11)7-13/h1-7,14-15H,8-10H2,(H,20,21)/t14-,15?,17+/m1/s1. The minimum atomic E-state index is -0.854. The topological polar surface area (TPSA) is 40.5 Å². The van der Waals surface area contributed by atoms with Crippen LogP contribution in [-0.2, 0) is 5.41 Å². The van der Waals surface area contributed by atoms with Crippen LogP contribution in [-0.4, -0.2) is 34.6 Å². The van der Waals surface area contributed by atoms with Crippen LogP contribution in [0, 0.1) is 5.92 Å². The van der Waals surface area contributed by atoms with Crippen LogP contribution in [0.25, 0.3) is 10.8 Å². The molecule has 2 fully saturated rings. The number of hydrogen-bond donors (Lipinski definition) is 1. The molecule has 3 atom stereocenters. The second-order valence-electron chi connectivity index (χ2n) is 6.11. The minimum Gasteiger partial charge on any atom is -0.465 e. The van der Waals surface area contributed by atoms with Crippen molar-refractivity contribution in [3.8, 4) is 0 Å². The molecule has 108 valence electrons. The number of fused-ring (bicyclic) bond motifs is 2. The molecule has 21 heavy (non-hydrogen) atoms. The first-order valence-electron chi connectivity index (χ1n) is 7.21. The van der Waals surface area contributed by atoms with E-state index in [1.807, 2.05) is 12.1 Å². The molecule has 4 heteroatoms. The van der Waals surface area contributed by atoms with Gasteiger partial charge in [-0.25, -0.2) is 4.79 Å². The summed E-state index contributed by atoms with van der Waals surface area (Å²) in [7, 11) is 0. The molecule has 1 amide bonds. The lowest BCUT2D eigenvalue weighted by Gasteiger charge is -2.29. The summed E-state index contributed by atoms with van der Waals surface area (Å²) in [4.78, 5) is 12.9.